The number of ether oxygens (including phenoxy) is 1. The van der Waals surface area contributed by atoms with Crippen LogP contribution in [0.3, 0.4) is 0 Å². The van der Waals surface area contributed by atoms with E-state index in [2.05, 4.69) is 15.7 Å². The average molecular weight is 403 g/mol. The molecule has 0 saturated carbocycles. The van der Waals surface area contributed by atoms with Crippen molar-refractivity contribution in [3.63, 3.8) is 0 Å². The van der Waals surface area contributed by atoms with Crippen LogP contribution in [0.15, 0.2) is 48.5 Å². The van der Waals surface area contributed by atoms with Gasteiger partial charge in [-0.25, -0.2) is 0 Å². The summed E-state index contributed by atoms with van der Waals surface area (Å²) in [5, 5.41) is 9.02. The smallest absolute Gasteiger partial charge is 0.406 e. The molecule has 1 saturated heterocycles. The molecule has 1 aliphatic rings. The van der Waals surface area contributed by atoms with E-state index in [9.17, 15) is 18.0 Å². The highest BCUT2D eigenvalue weighted by molar-refractivity contribution is 5.76. The lowest BCUT2D eigenvalue weighted by Crippen LogP contribution is -2.32. The Morgan fingerprint density at radius 3 is 2.45 bits per heavy atom. The van der Waals surface area contributed by atoms with Crippen molar-refractivity contribution >= 4 is 5.91 Å². The van der Waals surface area contributed by atoms with Crippen LogP contribution in [-0.2, 0) is 17.9 Å². The van der Waals surface area contributed by atoms with Crippen molar-refractivity contribution in [2.45, 2.75) is 25.9 Å². The van der Waals surface area contributed by atoms with Crippen LogP contribution in [0.2, 0.25) is 0 Å². The normalized spacial score (nSPS) is 15.7. The van der Waals surface area contributed by atoms with Crippen LogP contribution in [-0.4, -0.2) is 41.7 Å². The first kappa shape index (κ1) is 20.7. The van der Waals surface area contributed by atoms with Gasteiger partial charge >= 0.3 is 6.36 Å². The van der Waals surface area contributed by atoms with Gasteiger partial charge in [0.1, 0.15) is 5.75 Å². The second-order valence-electron chi connectivity index (χ2n) is 6.85. The van der Waals surface area contributed by atoms with E-state index in [1.54, 1.807) is 11.0 Å². The summed E-state index contributed by atoms with van der Waals surface area (Å²) >= 11 is 0. The zero-order valence-corrected chi connectivity index (χ0v) is 15.7. The predicted molar refractivity (Wildman–Crippen MR) is 99.6 cm³/mol. The van der Waals surface area contributed by atoms with Gasteiger partial charge in [0.05, 0.1) is 11.6 Å². The second kappa shape index (κ2) is 8.97. The third-order valence-corrected chi connectivity index (χ3v) is 4.67. The van der Waals surface area contributed by atoms with E-state index in [-0.39, 0.29) is 11.7 Å². The first-order valence-corrected chi connectivity index (χ1v) is 9.16. The van der Waals surface area contributed by atoms with Crippen LogP contribution in [0, 0.1) is 11.3 Å². The van der Waals surface area contributed by atoms with E-state index in [0.29, 0.717) is 44.7 Å². The molecule has 8 heteroatoms. The number of amides is 1. The van der Waals surface area contributed by atoms with E-state index < -0.39 is 6.36 Å². The highest BCUT2D eigenvalue weighted by atomic mass is 19.4. The molecule has 5 nitrogen and oxygen atoms in total. The largest absolute Gasteiger partial charge is 0.573 e. The number of benzene rings is 2. The number of halogens is 3. The van der Waals surface area contributed by atoms with Gasteiger partial charge in [-0.15, -0.1) is 13.2 Å². The molecule has 0 unspecified atom stereocenters. The SMILES string of the molecule is N#Cc1cccc(CN2CCC(=O)N(Cc3ccc(OC(F)(F)F)cc3)CC2)c1. The summed E-state index contributed by atoms with van der Waals surface area (Å²) in [6.07, 6.45) is -4.36. The Bertz CT molecular complexity index is 891. The van der Waals surface area contributed by atoms with Gasteiger partial charge in [0.15, 0.2) is 0 Å². The summed E-state index contributed by atoms with van der Waals surface area (Å²) in [4.78, 5) is 16.3. The number of carbonyl (C=O) groups is 1. The number of alkyl halides is 3. The van der Waals surface area contributed by atoms with E-state index in [4.69, 9.17) is 5.26 Å². The van der Waals surface area contributed by atoms with Crippen molar-refractivity contribution in [2.75, 3.05) is 19.6 Å². The number of nitrogens with zero attached hydrogens (tertiary/aromatic N) is 3. The summed E-state index contributed by atoms with van der Waals surface area (Å²) < 4.78 is 40.6. The summed E-state index contributed by atoms with van der Waals surface area (Å²) in [6.45, 7) is 2.81. The Morgan fingerprint density at radius 2 is 1.76 bits per heavy atom. The molecule has 2 aromatic rings. The topological polar surface area (TPSA) is 56.6 Å². The van der Waals surface area contributed by atoms with Crippen molar-refractivity contribution < 1.29 is 22.7 Å². The molecular weight excluding hydrogens is 383 g/mol. The third-order valence-electron chi connectivity index (χ3n) is 4.67. The monoisotopic (exact) mass is 403 g/mol. The first-order chi connectivity index (χ1) is 13.8. The van der Waals surface area contributed by atoms with E-state index >= 15 is 0 Å². The lowest BCUT2D eigenvalue weighted by Gasteiger charge is -2.22. The van der Waals surface area contributed by atoms with Gasteiger partial charge in [0.2, 0.25) is 5.91 Å². The number of nitriles is 1. The standard InChI is InChI=1S/C21H20F3N3O2/c22-21(23,24)29-19-6-4-16(5-7-19)15-27-11-10-26(9-8-20(27)28)14-18-3-1-2-17(12-18)13-25/h1-7,12H,8-11,14-15H2. The van der Waals surface area contributed by atoms with Crippen molar-refractivity contribution in [2.24, 2.45) is 0 Å². The lowest BCUT2D eigenvalue weighted by atomic mass is 10.1. The Hall–Kier alpha value is -3.05. The average Bonchev–Trinajstić information content (AvgIpc) is 2.85. The highest BCUT2D eigenvalue weighted by Gasteiger charge is 2.31. The van der Waals surface area contributed by atoms with Crippen LogP contribution in [0.25, 0.3) is 0 Å². The molecule has 1 aliphatic heterocycles. The van der Waals surface area contributed by atoms with Gasteiger partial charge in [-0.3, -0.25) is 9.69 Å². The zero-order valence-electron chi connectivity index (χ0n) is 15.7. The molecule has 0 atom stereocenters. The maximum Gasteiger partial charge on any atom is 0.573 e. The molecule has 0 aromatic heterocycles. The van der Waals surface area contributed by atoms with Gasteiger partial charge in [-0.1, -0.05) is 24.3 Å². The highest BCUT2D eigenvalue weighted by Crippen LogP contribution is 2.23. The van der Waals surface area contributed by atoms with Crippen molar-refractivity contribution in [3.8, 4) is 11.8 Å². The fraction of sp³-hybridized carbons (Fsp3) is 0.333. The molecule has 0 spiro atoms. The number of carbonyl (C=O) groups excluding carboxylic acids is 1. The second-order valence-corrected chi connectivity index (χ2v) is 6.85. The molecule has 0 radical (unpaired) electrons. The van der Waals surface area contributed by atoms with E-state index in [1.165, 1.54) is 24.3 Å². The van der Waals surface area contributed by atoms with Crippen molar-refractivity contribution in [1.82, 2.24) is 9.80 Å². The summed E-state index contributed by atoms with van der Waals surface area (Å²) in [7, 11) is 0. The minimum Gasteiger partial charge on any atom is -0.406 e. The molecule has 0 aliphatic carbocycles. The lowest BCUT2D eigenvalue weighted by molar-refractivity contribution is -0.274. The first-order valence-electron chi connectivity index (χ1n) is 9.16. The molecule has 2 aromatic carbocycles. The van der Waals surface area contributed by atoms with E-state index in [1.807, 2.05) is 18.2 Å². The molecular formula is C21H20F3N3O2. The molecule has 1 amide bonds. The molecule has 0 N–H and O–H groups in total. The van der Waals surface area contributed by atoms with E-state index in [0.717, 1.165) is 11.1 Å². The van der Waals surface area contributed by atoms with Crippen LogP contribution in [0.1, 0.15) is 23.1 Å². The predicted octanol–water partition coefficient (Wildman–Crippen LogP) is 3.69. The minimum absolute atomic E-state index is 0.00823. The van der Waals surface area contributed by atoms with Crippen LogP contribution < -0.4 is 4.74 Å². The minimum atomic E-state index is -4.72. The zero-order chi connectivity index (χ0) is 20.9. The Labute approximate surface area is 166 Å². The summed E-state index contributed by atoms with van der Waals surface area (Å²) in [5.74, 6) is -0.275. The van der Waals surface area contributed by atoms with Crippen LogP contribution in [0.4, 0.5) is 13.2 Å². The Kier molecular flexibility index (Phi) is 6.39. The van der Waals surface area contributed by atoms with Crippen LogP contribution in [0.5, 0.6) is 5.75 Å². The summed E-state index contributed by atoms with van der Waals surface area (Å²) in [5.41, 5.74) is 2.36. The quantitative estimate of drug-likeness (QED) is 0.764. The number of rotatable bonds is 5. The molecule has 3 rings (SSSR count). The van der Waals surface area contributed by atoms with Gasteiger partial charge < -0.3 is 9.64 Å². The molecule has 1 heterocycles. The maximum absolute atomic E-state index is 12.5. The Balaban J connectivity index is 1.58. The fourth-order valence-electron chi connectivity index (χ4n) is 3.25. The molecule has 1 fully saturated rings. The van der Waals surface area contributed by atoms with Crippen molar-refractivity contribution in [1.29, 1.82) is 5.26 Å². The molecule has 152 valence electrons. The van der Waals surface area contributed by atoms with Gasteiger partial charge in [-0.2, -0.15) is 5.26 Å². The van der Waals surface area contributed by atoms with Gasteiger partial charge in [0, 0.05) is 39.1 Å². The molecule has 0 bridgehead atoms. The summed E-state index contributed by atoms with van der Waals surface area (Å²) in [6, 6.07) is 15.1. The number of hydrogen-bond donors (Lipinski definition) is 0. The molecule has 29 heavy (non-hydrogen) atoms. The Morgan fingerprint density at radius 1 is 1.00 bits per heavy atom. The van der Waals surface area contributed by atoms with Gasteiger partial charge in [-0.05, 0) is 35.4 Å². The van der Waals surface area contributed by atoms with Crippen LogP contribution >= 0.6 is 0 Å². The third kappa shape index (κ3) is 6.22. The van der Waals surface area contributed by atoms with Crippen molar-refractivity contribution in [3.05, 3.63) is 65.2 Å². The maximum atomic E-state index is 12.5. The fourth-order valence-corrected chi connectivity index (χ4v) is 3.25. The number of hydrogen-bond acceptors (Lipinski definition) is 4. The van der Waals surface area contributed by atoms with Gasteiger partial charge in [0.25, 0.3) is 0 Å².